The van der Waals surface area contributed by atoms with Gasteiger partial charge in [-0.25, -0.2) is 9.97 Å². The summed E-state index contributed by atoms with van der Waals surface area (Å²) in [5, 5.41) is 3.46. The predicted octanol–water partition coefficient (Wildman–Crippen LogP) is 3.11. The van der Waals surface area contributed by atoms with Crippen LogP contribution in [0.2, 0.25) is 0 Å². The second-order valence-electron chi connectivity index (χ2n) is 8.02. The minimum absolute atomic E-state index is 0.254. The zero-order valence-electron chi connectivity index (χ0n) is 15.4. The van der Waals surface area contributed by atoms with Crippen LogP contribution in [0, 0.1) is 12.8 Å². The van der Waals surface area contributed by atoms with Crippen LogP contribution >= 0.6 is 0 Å². The second-order valence-corrected chi connectivity index (χ2v) is 8.02. The average molecular weight is 342 g/mol. The van der Waals surface area contributed by atoms with Crippen molar-refractivity contribution in [2.24, 2.45) is 5.92 Å². The Bertz CT molecular complexity index is 633. The minimum Gasteiger partial charge on any atom is -0.316 e. The van der Waals surface area contributed by atoms with Gasteiger partial charge in [0.05, 0.1) is 0 Å². The monoisotopic (exact) mass is 342 g/mol. The molecule has 1 aromatic rings. The summed E-state index contributed by atoms with van der Waals surface area (Å²) in [7, 11) is 0. The summed E-state index contributed by atoms with van der Waals surface area (Å²) in [5.41, 5.74) is 2.27. The first-order chi connectivity index (χ1) is 12.2. The molecule has 5 nitrogen and oxygen atoms in total. The van der Waals surface area contributed by atoms with Crippen molar-refractivity contribution in [2.45, 2.75) is 70.6 Å². The molecule has 1 aromatic heterocycles. The summed E-state index contributed by atoms with van der Waals surface area (Å²) >= 11 is 0. The van der Waals surface area contributed by atoms with Gasteiger partial charge in [-0.3, -0.25) is 9.69 Å². The summed E-state index contributed by atoms with van der Waals surface area (Å²) in [6.07, 6.45) is 10.2. The zero-order chi connectivity index (χ0) is 17.2. The normalized spacial score (nSPS) is 25.1. The van der Waals surface area contributed by atoms with Gasteiger partial charge in [-0.15, -0.1) is 0 Å². The van der Waals surface area contributed by atoms with Crippen molar-refractivity contribution in [3.63, 3.8) is 0 Å². The molecular weight excluding hydrogens is 312 g/mol. The number of hydrogen-bond acceptors (Lipinski definition) is 4. The number of aromatic nitrogens is 2. The van der Waals surface area contributed by atoms with Crippen molar-refractivity contribution in [1.82, 2.24) is 15.3 Å². The van der Waals surface area contributed by atoms with Crippen molar-refractivity contribution < 1.29 is 4.79 Å². The van der Waals surface area contributed by atoms with Crippen LogP contribution in [0.25, 0.3) is 0 Å². The SMILES string of the molecule is Cc1nc([C@H]2CCCNC2)nc2c1CCC(=O)N2CC1CCCCC1. The lowest BCUT2D eigenvalue weighted by atomic mass is 9.88. The van der Waals surface area contributed by atoms with Gasteiger partial charge in [0.2, 0.25) is 5.91 Å². The summed E-state index contributed by atoms with van der Waals surface area (Å²) < 4.78 is 0. The molecule has 2 fully saturated rings. The fourth-order valence-electron chi connectivity index (χ4n) is 4.67. The van der Waals surface area contributed by atoms with Gasteiger partial charge < -0.3 is 5.32 Å². The molecule has 2 aliphatic heterocycles. The number of carbonyl (C=O) groups excluding carboxylic acids is 1. The highest BCUT2D eigenvalue weighted by Gasteiger charge is 2.31. The third-order valence-electron chi connectivity index (χ3n) is 6.18. The highest BCUT2D eigenvalue weighted by atomic mass is 16.2. The van der Waals surface area contributed by atoms with Crippen LogP contribution in [0.3, 0.4) is 0 Å². The lowest BCUT2D eigenvalue weighted by molar-refractivity contribution is -0.119. The first-order valence-corrected chi connectivity index (χ1v) is 10.1. The molecule has 1 atom stereocenters. The number of piperidine rings is 1. The van der Waals surface area contributed by atoms with Crippen molar-refractivity contribution in [1.29, 1.82) is 0 Å². The first kappa shape index (κ1) is 17.0. The van der Waals surface area contributed by atoms with E-state index in [0.717, 1.165) is 49.8 Å². The second kappa shape index (κ2) is 7.40. The molecule has 136 valence electrons. The van der Waals surface area contributed by atoms with E-state index in [1.165, 1.54) is 44.1 Å². The van der Waals surface area contributed by atoms with Crippen LogP contribution in [0.1, 0.15) is 74.4 Å². The van der Waals surface area contributed by atoms with E-state index in [1.54, 1.807) is 0 Å². The molecule has 0 bridgehead atoms. The van der Waals surface area contributed by atoms with Crippen LogP contribution < -0.4 is 10.2 Å². The molecule has 0 unspecified atom stereocenters. The third-order valence-corrected chi connectivity index (χ3v) is 6.18. The number of aryl methyl sites for hydroxylation is 1. The molecule has 3 aliphatic rings. The zero-order valence-corrected chi connectivity index (χ0v) is 15.4. The molecule has 4 rings (SSSR count). The Morgan fingerprint density at radius 1 is 1.08 bits per heavy atom. The molecule has 25 heavy (non-hydrogen) atoms. The number of anilines is 1. The number of nitrogens with zero attached hydrogens (tertiary/aromatic N) is 3. The lowest BCUT2D eigenvalue weighted by Gasteiger charge is -2.34. The smallest absolute Gasteiger partial charge is 0.228 e. The molecule has 3 heterocycles. The molecule has 1 aliphatic carbocycles. The van der Waals surface area contributed by atoms with Gasteiger partial charge in [0.15, 0.2) is 0 Å². The van der Waals surface area contributed by atoms with E-state index in [-0.39, 0.29) is 5.91 Å². The third kappa shape index (κ3) is 3.57. The Hall–Kier alpha value is -1.49. The number of fused-ring (bicyclic) bond motifs is 1. The van der Waals surface area contributed by atoms with E-state index < -0.39 is 0 Å². The maximum absolute atomic E-state index is 12.7. The molecule has 5 heteroatoms. The number of hydrogen-bond donors (Lipinski definition) is 1. The van der Waals surface area contributed by atoms with Gasteiger partial charge in [0.1, 0.15) is 11.6 Å². The van der Waals surface area contributed by atoms with Crippen LogP contribution in [0.4, 0.5) is 5.82 Å². The Morgan fingerprint density at radius 2 is 1.92 bits per heavy atom. The Morgan fingerprint density at radius 3 is 2.68 bits per heavy atom. The van der Waals surface area contributed by atoms with E-state index in [9.17, 15) is 4.79 Å². The van der Waals surface area contributed by atoms with Crippen molar-refractivity contribution in [3.8, 4) is 0 Å². The molecular formula is C20H30N4O. The summed E-state index contributed by atoms with van der Waals surface area (Å²) in [4.78, 5) is 24.5. The molecule has 0 aromatic carbocycles. The number of amides is 1. The number of rotatable bonds is 3. The van der Waals surface area contributed by atoms with Gasteiger partial charge in [0, 0.05) is 36.7 Å². The van der Waals surface area contributed by atoms with Crippen LogP contribution in [-0.4, -0.2) is 35.5 Å². The average Bonchev–Trinajstić information content (AvgIpc) is 2.65. The molecule has 0 radical (unpaired) electrons. The van der Waals surface area contributed by atoms with Gasteiger partial charge in [-0.05, 0) is 51.5 Å². The van der Waals surface area contributed by atoms with Crippen LogP contribution in [0.5, 0.6) is 0 Å². The van der Waals surface area contributed by atoms with Gasteiger partial charge in [-0.1, -0.05) is 19.3 Å². The Labute approximate surface area is 150 Å². The van der Waals surface area contributed by atoms with Crippen molar-refractivity contribution in [3.05, 3.63) is 17.1 Å². The summed E-state index contributed by atoms with van der Waals surface area (Å²) in [6, 6.07) is 0. The van der Waals surface area contributed by atoms with E-state index in [4.69, 9.17) is 9.97 Å². The molecule has 0 spiro atoms. The predicted molar refractivity (Wildman–Crippen MR) is 98.9 cm³/mol. The van der Waals surface area contributed by atoms with Gasteiger partial charge in [0.25, 0.3) is 0 Å². The molecule has 1 saturated carbocycles. The topological polar surface area (TPSA) is 58.1 Å². The van der Waals surface area contributed by atoms with E-state index in [0.29, 0.717) is 18.3 Å². The van der Waals surface area contributed by atoms with Gasteiger partial charge >= 0.3 is 0 Å². The maximum Gasteiger partial charge on any atom is 0.228 e. The molecule has 1 amide bonds. The van der Waals surface area contributed by atoms with E-state index >= 15 is 0 Å². The highest BCUT2D eigenvalue weighted by molar-refractivity contribution is 5.95. The fraction of sp³-hybridized carbons (Fsp3) is 0.750. The highest BCUT2D eigenvalue weighted by Crippen LogP contribution is 2.33. The van der Waals surface area contributed by atoms with E-state index in [2.05, 4.69) is 12.2 Å². The Kier molecular flexibility index (Phi) is 5.02. The molecule has 1 N–H and O–H groups in total. The van der Waals surface area contributed by atoms with Crippen LogP contribution in [0.15, 0.2) is 0 Å². The molecule has 1 saturated heterocycles. The standard InChI is InChI=1S/C20H30N4O/c1-14-17-9-10-18(25)24(13-15-6-3-2-4-7-15)20(17)23-19(22-14)16-8-5-11-21-12-16/h15-16,21H,2-13H2,1H3/t16-/m0/s1. The summed E-state index contributed by atoms with van der Waals surface area (Å²) in [5.74, 6) is 3.13. The fourth-order valence-corrected chi connectivity index (χ4v) is 4.67. The minimum atomic E-state index is 0.254. The number of nitrogens with one attached hydrogen (secondary N) is 1. The number of carbonyl (C=O) groups is 1. The van der Waals surface area contributed by atoms with Gasteiger partial charge in [-0.2, -0.15) is 0 Å². The lowest BCUT2D eigenvalue weighted by Crippen LogP contribution is -2.41. The first-order valence-electron chi connectivity index (χ1n) is 10.1. The van der Waals surface area contributed by atoms with Crippen LogP contribution in [-0.2, 0) is 11.2 Å². The van der Waals surface area contributed by atoms with Crippen molar-refractivity contribution >= 4 is 11.7 Å². The van der Waals surface area contributed by atoms with Crippen molar-refractivity contribution in [2.75, 3.05) is 24.5 Å². The largest absolute Gasteiger partial charge is 0.316 e. The Balaban J connectivity index is 1.63. The van der Waals surface area contributed by atoms with E-state index in [1.807, 2.05) is 4.90 Å². The summed E-state index contributed by atoms with van der Waals surface area (Å²) in [6.45, 7) is 4.99. The quantitative estimate of drug-likeness (QED) is 0.917. The maximum atomic E-state index is 12.7.